The zero-order valence-electron chi connectivity index (χ0n) is 25.3. The van der Waals surface area contributed by atoms with Crippen molar-refractivity contribution in [2.75, 3.05) is 27.4 Å². The van der Waals surface area contributed by atoms with Gasteiger partial charge in [-0.05, 0) is 61.9 Å². The van der Waals surface area contributed by atoms with Crippen LogP contribution in [0.15, 0.2) is 78.0 Å². The van der Waals surface area contributed by atoms with Crippen LogP contribution in [0.3, 0.4) is 0 Å². The Kier molecular flexibility index (Phi) is 12.5. The lowest BCUT2D eigenvalue weighted by Crippen LogP contribution is -2.24. The topological polar surface area (TPSA) is 98.5 Å². The summed E-state index contributed by atoms with van der Waals surface area (Å²) in [5.74, 6) is 2.47. The van der Waals surface area contributed by atoms with Gasteiger partial charge in [0.1, 0.15) is 17.3 Å². The molecule has 0 bridgehead atoms. The number of aromatic hydroxyl groups is 1. The van der Waals surface area contributed by atoms with Gasteiger partial charge in [-0.1, -0.05) is 78.3 Å². The molecule has 228 valence electrons. The molecule has 43 heavy (non-hydrogen) atoms. The normalized spacial score (nSPS) is 11.8. The second-order valence-electron chi connectivity index (χ2n) is 10.6. The fourth-order valence-electron chi connectivity index (χ4n) is 5.17. The van der Waals surface area contributed by atoms with E-state index in [-0.39, 0.29) is 23.1 Å². The number of thioether (sulfide) groups is 1. The molecule has 4 rings (SSSR count). The monoisotopic (exact) mass is 602 g/mol. The van der Waals surface area contributed by atoms with Crippen LogP contribution in [-0.2, 0) is 23.5 Å². The van der Waals surface area contributed by atoms with Crippen LogP contribution in [0.4, 0.5) is 0 Å². The predicted octanol–water partition coefficient (Wildman–Crippen LogP) is 6.56. The maximum atomic E-state index is 12.5. The average molecular weight is 603 g/mol. The number of ether oxygens (including phenoxy) is 2. The first-order chi connectivity index (χ1) is 21.0. The molecule has 0 aliphatic carbocycles. The lowest BCUT2D eigenvalue weighted by molar-refractivity contribution is 0.0950. The molecular formula is C34H42N4O4S. The molecule has 0 aliphatic heterocycles. The highest BCUT2D eigenvalue weighted by molar-refractivity contribution is 7.98. The van der Waals surface area contributed by atoms with Crippen molar-refractivity contribution < 1.29 is 19.4 Å². The number of para-hydroxylation sites is 2. The zero-order chi connectivity index (χ0) is 30.4. The number of nitrogens with zero attached hydrogens (tertiary/aromatic N) is 3. The van der Waals surface area contributed by atoms with E-state index in [2.05, 4.69) is 52.2 Å². The minimum absolute atomic E-state index is 0.0132. The third-order valence-corrected chi connectivity index (χ3v) is 8.40. The Morgan fingerprint density at radius 2 is 1.81 bits per heavy atom. The van der Waals surface area contributed by atoms with Crippen LogP contribution >= 0.6 is 11.8 Å². The number of hydrogen-bond donors (Lipinski definition) is 2. The van der Waals surface area contributed by atoms with Crippen molar-refractivity contribution in [2.24, 2.45) is 0 Å². The number of carbonyl (C=O) groups excluding carboxylic acids is 1. The van der Waals surface area contributed by atoms with Crippen LogP contribution in [0.5, 0.6) is 11.5 Å². The van der Waals surface area contributed by atoms with E-state index in [1.165, 1.54) is 17.2 Å². The molecule has 0 fully saturated rings. The number of aromatic nitrogens is 3. The van der Waals surface area contributed by atoms with Crippen molar-refractivity contribution in [3.63, 3.8) is 0 Å². The van der Waals surface area contributed by atoms with Crippen LogP contribution in [0.25, 0.3) is 0 Å². The van der Waals surface area contributed by atoms with Crippen LogP contribution in [-0.4, -0.2) is 53.1 Å². The van der Waals surface area contributed by atoms with E-state index in [0.717, 1.165) is 66.7 Å². The SMILES string of the molecule is COCCCn1c(SCc2cccc(C)c2)nnc1C(CCCCNC(=O)c1ccccc1O)Cc1ccccc1OC. The van der Waals surface area contributed by atoms with Gasteiger partial charge < -0.3 is 24.5 Å². The molecule has 0 saturated heterocycles. The molecule has 1 aromatic heterocycles. The second kappa shape index (κ2) is 16.7. The summed E-state index contributed by atoms with van der Waals surface area (Å²) < 4.78 is 13.3. The molecule has 1 unspecified atom stereocenters. The highest BCUT2D eigenvalue weighted by Crippen LogP contribution is 2.32. The molecule has 0 radical (unpaired) electrons. The molecule has 0 spiro atoms. The summed E-state index contributed by atoms with van der Waals surface area (Å²) in [6.45, 7) is 4.06. The van der Waals surface area contributed by atoms with Crippen LogP contribution < -0.4 is 10.1 Å². The predicted molar refractivity (Wildman–Crippen MR) is 171 cm³/mol. The van der Waals surface area contributed by atoms with E-state index < -0.39 is 0 Å². The Morgan fingerprint density at radius 3 is 2.60 bits per heavy atom. The number of amides is 1. The molecule has 9 heteroatoms. The number of carbonyl (C=O) groups is 1. The minimum Gasteiger partial charge on any atom is -0.507 e. The van der Waals surface area contributed by atoms with Crippen molar-refractivity contribution in [1.82, 2.24) is 20.1 Å². The molecule has 1 amide bonds. The highest BCUT2D eigenvalue weighted by atomic mass is 32.2. The standard InChI is InChI=1S/C34H42N4O4S/c1-25-12-10-13-26(22-25)24-43-34-37-36-32(38(34)20-11-21-41-2)28(23-27-14-4-7-18-31(27)42-3)15-8-9-19-35-33(40)29-16-5-6-17-30(29)39/h4-7,10,12-14,16-18,22,28,39H,8-9,11,15,19-21,23-24H2,1-3H3,(H,35,40). The number of methoxy groups -OCH3 is 2. The van der Waals surface area contributed by atoms with Crippen LogP contribution in [0.1, 0.15) is 64.5 Å². The second-order valence-corrected chi connectivity index (χ2v) is 11.5. The zero-order valence-corrected chi connectivity index (χ0v) is 26.1. The number of unbranched alkanes of at least 4 members (excludes halogenated alkanes) is 1. The van der Waals surface area contributed by atoms with Gasteiger partial charge in [0, 0.05) is 38.5 Å². The Labute approximate surface area is 258 Å². The van der Waals surface area contributed by atoms with E-state index in [1.807, 2.05) is 18.2 Å². The fraction of sp³-hybridized carbons (Fsp3) is 0.382. The Hall–Kier alpha value is -3.82. The molecule has 1 atom stereocenters. The highest BCUT2D eigenvalue weighted by Gasteiger charge is 2.23. The smallest absolute Gasteiger partial charge is 0.255 e. The van der Waals surface area contributed by atoms with Gasteiger partial charge in [-0.3, -0.25) is 4.79 Å². The van der Waals surface area contributed by atoms with Crippen molar-refractivity contribution in [2.45, 2.75) is 62.4 Å². The number of aryl methyl sites for hydroxylation is 1. The Morgan fingerprint density at radius 1 is 1.00 bits per heavy atom. The van der Waals surface area contributed by atoms with E-state index >= 15 is 0 Å². The van der Waals surface area contributed by atoms with Gasteiger partial charge in [0.05, 0.1) is 12.7 Å². The van der Waals surface area contributed by atoms with Crippen molar-refractivity contribution >= 4 is 17.7 Å². The summed E-state index contributed by atoms with van der Waals surface area (Å²) in [6, 6.07) is 23.3. The molecule has 3 aromatic carbocycles. The quantitative estimate of drug-likeness (QED) is 0.104. The number of phenolic OH excluding ortho intramolecular Hbond substituents is 1. The van der Waals surface area contributed by atoms with Gasteiger partial charge in [-0.2, -0.15) is 0 Å². The van der Waals surface area contributed by atoms with Crippen molar-refractivity contribution in [3.05, 3.63) is 101 Å². The summed E-state index contributed by atoms with van der Waals surface area (Å²) >= 11 is 1.71. The molecule has 2 N–H and O–H groups in total. The van der Waals surface area contributed by atoms with Crippen molar-refractivity contribution in [3.8, 4) is 11.5 Å². The summed E-state index contributed by atoms with van der Waals surface area (Å²) in [6.07, 6.45) is 4.18. The van der Waals surface area contributed by atoms with Gasteiger partial charge >= 0.3 is 0 Å². The Balaban J connectivity index is 1.50. The minimum atomic E-state index is -0.267. The summed E-state index contributed by atoms with van der Waals surface area (Å²) in [4.78, 5) is 12.5. The van der Waals surface area contributed by atoms with Gasteiger partial charge in [0.15, 0.2) is 5.16 Å². The number of phenols is 1. The maximum Gasteiger partial charge on any atom is 0.255 e. The summed E-state index contributed by atoms with van der Waals surface area (Å²) in [5, 5.41) is 23.3. The van der Waals surface area contributed by atoms with Crippen LogP contribution in [0, 0.1) is 6.92 Å². The molecular weight excluding hydrogens is 560 g/mol. The fourth-order valence-corrected chi connectivity index (χ4v) is 6.09. The number of benzene rings is 3. The van der Waals surface area contributed by atoms with E-state index in [9.17, 15) is 9.90 Å². The first kappa shape index (κ1) is 32.1. The maximum absolute atomic E-state index is 12.5. The summed E-state index contributed by atoms with van der Waals surface area (Å²) in [5.41, 5.74) is 3.92. The first-order valence-electron chi connectivity index (χ1n) is 14.8. The van der Waals surface area contributed by atoms with Gasteiger partial charge in [-0.15, -0.1) is 10.2 Å². The average Bonchev–Trinajstić information content (AvgIpc) is 3.42. The van der Waals surface area contributed by atoms with Gasteiger partial charge in [0.2, 0.25) is 0 Å². The number of rotatable bonds is 17. The van der Waals surface area contributed by atoms with E-state index in [4.69, 9.17) is 14.6 Å². The first-order valence-corrected chi connectivity index (χ1v) is 15.8. The molecule has 1 heterocycles. The molecule has 0 saturated carbocycles. The third kappa shape index (κ3) is 9.33. The van der Waals surface area contributed by atoms with Crippen LogP contribution in [0.2, 0.25) is 0 Å². The lowest BCUT2D eigenvalue weighted by atomic mass is 9.92. The van der Waals surface area contributed by atoms with Gasteiger partial charge in [0.25, 0.3) is 5.91 Å². The largest absolute Gasteiger partial charge is 0.507 e. The van der Waals surface area contributed by atoms with E-state index in [1.54, 1.807) is 44.2 Å². The summed E-state index contributed by atoms with van der Waals surface area (Å²) in [7, 11) is 3.43. The van der Waals surface area contributed by atoms with E-state index in [0.29, 0.717) is 13.2 Å². The van der Waals surface area contributed by atoms with Gasteiger partial charge in [-0.25, -0.2) is 0 Å². The molecule has 8 nitrogen and oxygen atoms in total. The van der Waals surface area contributed by atoms with Crippen molar-refractivity contribution in [1.29, 1.82) is 0 Å². The Bertz CT molecular complexity index is 1460. The molecule has 4 aromatic rings. The number of hydrogen-bond acceptors (Lipinski definition) is 7. The third-order valence-electron chi connectivity index (χ3n) is 7.36. The number of nitrogens with one attached hydrogen (secondary N) is 1. The molecule has 0 aliphatic rings. The lowest BCUT2D eigenvalue weighted by Gasteiger charge is -2.20.